The third-order valence-corrected chi connectivity index (χ3v) is 6.94. The molecule has 0 aromatic heterocycles. The first kappa shape index (κ1) is 22.9. The lowest BCUT2D eigenvalue weighted by molar-refractivity contribution is -0.129. The van der Waals surface area contributed by atoms with Gasteiger partial charge in [-0.25, -0.2) is 14.6 Å². The summed E-state index contributed by atoms with van der Waals surface area (Å²) in [6.07, 6.45) is 1.62. The van der Waals surface area contributed by atoms with E-state index in [1.165, 1.54) is 0 Å². The van der Waals surface area contributed by atoms with Gasteiger partial charge < -0.3 is 9.47 Å². The molecule has 0 aliphatic carbocycles. The summed E-state index contributed by atoms with van der Waals surface area (Å²) in [5.41, 5.74) is 3.12. The molecule has 0 saturated heterocycles. The predicted octanol–water partition coefficient (Wildman–Crippen LogP) is 6.69. The van der Waals surface area contributed by atoms with Gasteiger partial charge in [-0.2, -0.15) is 0 Å². The van der Waals surface area contributed by atoms with Crippen LogP contribution in [0.15, 0.2) is 80.3 Å². The van der Waals surface area contributed by atoms with Crippen LogP contribution < -0.4 is 4.74 Å². The number of aliphatic imine (C=N–C) groups is 1. The van der Waals surface area contributed by atoms with Gasteiger partial charge in [-0.3, -0.25) is 0 Å². The third-order valence-electron chi connectivity index (χ3n) is 4.55. The Labute approximate surface area is 214 Å². The normalized spacial score (nSPS) is 14.3. The summed E-state index contributed by atoms with van der Waals surface area (Å²) in [5, 5.41) is 0. The Morgan fingerprint density at radius 1 is 1.06 bits per heavy atom. The van der Waals surface area contributed by atoms with Gasteiger partial charge in [0.2, 0.25) is 5.90 Å². The Morgan fingerprint density at radius 2 is 1.75 bits per heavy atom. The molecule has 5 nitrogen and oxygen atoms in total. The van der Waals surface area contributed by atoms with Gasteiger partial charge in [0.05, 0.1) is 14.5 Å². The standard InChI is InChI=1S/C24H14Br2INO4/c1-13-9-16(7-8-19(13)27)22-28-20(24(30)32-22)12-14-10-17(25)21(18(26)11-14)31-23(29)15-5-3-2-4-6-15/h2-12H,1H3/b20-12-. The van der Waals surface area contributed by atoms with E-state index in [0.717, 1.165) is 14.7 Å². The number of hydrogen-bond acceptors (Lipinski definition) is 5. The highest BCUT2D eigenvalue weighted by molar-refractivity contribution is 14.1. The van der Waals surface area contributed by atoms with Crippen LogP contribution in [0.25, 0.3) is 6.08 Å². The molecule has 1 aliphatic rings. The summed E-state index contributed by atoms with van der Waals surface area (Å²) in [4.78, 5) is 29.1. The van der Waals surface area contributed by atoms with E-state index in [2.05, 4.69) is 59.4 Å². The van der Waals surface area contributed by atoms with Gasteiger partial charge >= 0.3 is 11.9 Å². The van der Waals surface area contributed by atoms with E-state index >= 15 is 0 Å². The zero-order valence-electron chi connectivity index (χ0n) is 16.6. The Bertz CT molecular complexity index is 1280. The van der Waals surface area contributed by atoms with E-state index in [9.17, 15) is 9.59 Å². The first-order valence-electron chi connectivity index (χ1n) is 9.37. The zero-order chi connectivity index (χ0) is 22.8. The molecule has 0 fully saturated rings. The highest BCUT2D eigenvalue weighted by Gasteiger charge is 2.25. The van der Waals surface area contributed by atoms with Crippen molar-refractivity contribution in [2.75, 3.05) is 0 Å². The number of esters is 2. The second kappa shape index (κ2) is 9.68. The van der Waals surface area contributed by atoms with Crippen molar-refractivity contribution in [3.63, 3.8) is 0 Å². The maximum Gasteiger partial charge on any atom is 0.363 e. The van der Waals surface area contributed by atoms with Crippen LogP contribution in [0.1, 0.15) is 27.0 Å². The Morgan fingerprint density at radius 3 is 2.41 bits per heavy atom. The van der Waals surface area contributed by atoms with Crippen LogP contribution in [0.3, 0.4) is 0 Å². The van der Waals surface area contributed by atoms with Gasteiger partial charge in [0.15, 0.2) is 11.4 Å². The minimum Gasteiger partial charge on any atom is -0.421 e. The fourth-order valence-corrected chi connectivity index (χ4v) is 4.67. The fourth-order valence-electron chi connectivity index (χ4n) is 2.95. The number of carbonyl (C=O) groups excluding carboxylic acids is 2. The smallest absolute Gasteiger partial charge is 0.363 e. The number of aryl methyl sites for hydroxylation is 1. The molecular weight excluding hydrogens is 653 g/mol. The molecule has 0 radical (unpaired) electrons. The average molecular weight is 667 g/mol. The monoisotopic (exact) mass is 665 g/mol. The summed E-state index contributed by atoms with van der Waals surface area (Å²) in [7, 11) is 0. The molecule has 3 aromatic rings. The van der Waals surface area contributed by atoms with Crippen LogP contribution in [0, 0.1) is 10.5 Å². The molecule has 0 amide bonds. The lowest BCUT2D eigenvalue weighted by Gasteiger charge is -2.10. The van der Waals surface area contributed by atoms with Crippen molar-refractivity contribution in [1.29, 1.82) is 0 Å². The molecule has 4 rings (SSSR count). The molecule has 0 atom stereocenters. The summed E-state index contributed by atoms with van der Waals surface area (Å²) in [5.74, 6) is -0.386. The van der Waals surface area contributed by atoms with Crippen molar-refractivity contribution < 1.29 is 19.1 Å². The Kier molecular flexibility index (Phi) is 6.92. The maximum atomic E-state index is 12.4. The number of nitrogens with zero attached hydrogens (tertiary/aromatic N) is 1. The number of carbonyl (C=O) groups is 2. The summed E-state index contributed by atoms with van der Waals surface area (Å²) < 4.78 is 13.1. The minimum atomic E-state index is -0.525. The molecule has 32 heavy (non-hydrogen) atoms. The van der Waals surface area contributed by atoms with E-state index in [-0.39, 0.29) is 11.6 Å². The second-order valence-electron chi connectivity index (χ2n) is 6.87. The van der Waals surface area contributed by atoms with E-state index in [1.807, 2.05) is 31.2 Å². The van der Waals surface area contributed by atoms with Crippen LogP contribution in [-0.2, 0) is 9.53 Å². The summed E-state index contributed by atoms with van der Waals surface area (Å²) >= 11 is 9.12. The molecule has 3 aromatic carbocycles. The summed E-state index contributed by atoms with van der Waals surface area (Å²) in [6.45, 7) is 1.99. The molecule has 0 bridgehead atoms. The number of ether oxygens (including phenoxy) is 2. The Hall–Kier alpha value is -2.30. The van der Waals surface area contributed by atoms with Gasteiger partial charge in [0.1, 0.15) is 0 Å². The number of cyclic esters (lactones) is 1. The number of rotatable bonds is 4. The molecule has 0 spiro atoms. The Balaban J connectivity index is 1.60. The predicted molar refractivity (Wildman–Crippen MR) is 138 cm³/mol. The van der Waals surface area contributed by atoms with Crippen LogP contribution in [-0.4, -0.2) is 17.8 Å². The molecule has 1 aliphatic heterocycles. The van der Waals surface area contributed by atoms with Crippen LogP contribution in [0.4, 0.5) is 0 Å². The topological polar surface area (TPSA) is 65.0 Å². The van der Waals surface area contributed by atoms with Gasteiger partial charge in [0.25, 0.3) is 0 Å². The molecule has 8 heteroatoms. The lowest BCUT2D eigenvalue weighted by Crippen LogP contribution is -2.09. The van der Waals surface area contributed by atoms with E-state index in [1.54, 1.807) is 42.5 Å². The van der Waals surface area contributed by atoms with Gasteiger partial charge in [-0.15, -0.1) is 0 Å². The highest BCUT2D eigenvalue weighted by Crippen LogP contribution is 2.36. The number of benzene rings is 3. The van der Waals surface area contributed by atoms with Gasteiger partial charge in [-0.05, 0) is 121 Å². The van der Waals surface area contributed by atoms with Crippen LogP contribution in [0.5, 0.6) is 5.75 Å². The minimum absolute atomic E-state index is 0.184. The molecule has 0 N–H and O–H groups in total. The number of hydrogen-bond donors (Lipinski definition) is 0. The zero-order valence-corrected chi connectivity index (χ0v) is 21.9. The van der Waals surface area contributed by atoms with Crippen molar-refractivity contribution in [2.45, 2.75) is 6.92 Å². The highest BCUT2D eigenvalue weighted by atomic mass is 127. The maximum absolute atomic E-state index is 12.4. The molecular formula is C24H14Br2INO4. The van der Waals surface area contributed by atoms with Crippen LogP contribution in [0.2, 0.25) is 0 Å². The largest absolute Gasteiger partial charge is 0.421 e. The first-order chi connectivity index (χ1) is 15.3. The van der Waals surface area contributed by atoms with Crippen molar-refractivity contribution in [3.05, 3.63) is 101 Å². The van der Waals surface area contributed by atoms with Gasteiger partial charge in [-0.1, -0.05) is 18.2 Å². The summed E-state index contributed by atoms with van der Waals surface area (Å²) in [6, 6.07) is 17.9. The fraction of sp³-hybridized carbons (Fsp3) is 0.0417. The molecule has 0 unspecified atom stereocenters. The van der Waals surface area contributed by atoms with E-state index in [0.29, 0.717) is 25.8 Å². The van der Waals surface area contributed by atoms with Crippen molar-refractivity contribution in [2.24, 2.45) is 4.99 Å². The first-order valence-corrected chi connectivity index (χ1v) is 12.0. The average Bonchev–Trinajstić information content (AvgIpc) is 3.13. The third kappa shape index (κ3) is 5.02. The van der Waals surface area contributed by atoms with Crippen molar-refractivity contribution in [1.82, 2.24) is 0 Å². The lowest BCUT2D eigenvalue weighted by atomic mass is 10.1. The van der Waals surface area contributed by atoms with E-state index < -0.39 is 11.9 Å². The van der Waals surface area contributed by atoms with Crippen molar-refractivity contribution >= 4 is 78.4 Å². The van der Waals surface area contributed by atoms with E-state index in [4.69, 9.17) is 9.47 Å². The molecule has 0 saturated carbocycles. The quantitative estimate of drug-likeness (QED) is 0.135. The van der Waals surface area contributed by atoms with Crippen molar-refractivity contribution in [3.8, 4) is 5.75 Å². The molecule has 160 valence electrons. The second-order valence-corrected chi connectivity index (χ2v) is 9.74. The molecule has 1 heterocycles. The SMILES string of the molecule is Cc1cc(C2=N/C(=C\c3cc(Br)c(OC(=O)c4ccccc4)c(Br)c3)C(=O)O2)ccc1I. The van der Waals surface area contributed by atoms with Gasteiger partial charge in [0, 0.05) is 9.13 Å². The van der Waals surface area contributed by atoms with Crippen LogP contribution >= 0.6 is 54.5 Å². The number of halogens is 3.